The van der Waals surface area contributed by atoms with E-state index in [1.807, 2.05) is 23.9 Å². The van der Waals surface area contributed by atoms with Gasteiger partial charge in [-0.25, -0.2) is 4.68 Å². The molecule has 0 N–H and O–H groups in total. The molecule has 3 heteroatoms. The molecular formula is C10H9N3. The normalized spacial score (nSPS) is 12.7. The molecule has 0 atom stereocenters. The molecule has 2 aromatic rings. The minimum Gasteiger partial charge on any atom is -0.259 e. The van der Waals surface area contributed by atoms with E-state index in [9.17, 15) is 0 Å². The molecule has 2 aromatic heterocycles. The summed E-state index contributed by atoms with van der Waals surface area (Å²) in [6, 6.07) is 6.12. The number of hydrogen-bond acceptors (Lipinski definition) is 2. The largest absolute Gasteiger partial charge is 0.259 e. The molecule has 0 aromatic carbocycles. The molecule has 3 rings (SSSR count). The number of pyridine rings is 1. The molecule has 0 spiro atoms. The Morgan fingerprint density at radius 1 is 1.46 bits per heavy atom. The summed E-state index contributed by atoms with van der Waals surface area (Å²) in [5, 5.41) is 4.41. The highest BCUT2D eigenvalue weighted by molar-refractivity contribution is 5.45. The van der Waals surface area contributed by atoms with E-state index in [0.29, 0.717) is 0 Å². The van der Waals surface area contributed by atoms with Gasteiger partial charge in [-0.15, -0.1) is 0 Å². The third-order valence-electron chi connectivity index (χ3n) is 2.35. The lowest BCUT2D eigenvalue weighted by molar-refractivity contribution is 0.854. The van der Waals surface area contributed by atoms with Crippen molar-refractivity contribution in [1.29, 1.82) is 0 Å². The van der Waals surface area contributed by atoms with Crippen LogP contribution in [0, 0.1) is 6.92 Å². The Balaban J connectivity index is 2.30. The van der Waals surface area contributed by atoms with Gasteiger partial charge in [0.1, 0.15) is 0 Å². The fourth-order valence-electron chi connectivity index (χ4n) is 1.82. The van der Waals surface area contributed by atoms with Crippen LogP contribution >= 0.6 is 0 Å². The molecule has 0 bridgehead atoms. The van der Waals surface area contributed by atoms with Gasteiger partial charge < -0.3 is 0 Å². The highest BCUT2D eigenvalue weighted by Crippen LogP contribution is 2.25. The highest BCUT2D eigenvalue weighted by Gasteiger charge is 2.19. The zero-order valence-electron chi connectivity index (χ0n) is 7.36. The molecule has 3 heterocycles. The average molecular weight is 171 g/mol. The molecule has 3 nitrogen and oxygen atoms in total. The summed E-state index contributed by atoms with van der Waals surface area (Å²) < 4.78 is 1.98. The van der Waals surface area contributed by atoms with Crippen molar-refractivity contribution in [2.75, 3.05) is 0 Å². The van der Waals surface area contributed by atoms with Gasteiger partial charge >= 0.3 is 0 Å². The molecule has 0 amide bonds. The topological polar surface area (TPSA) is 30.7 Å². The standard InChI is InChI=1S/C10H9N3/c1-7-5-8-6-9-10(13(8)12-7)3-2-4-11-9/h2-5H,6H2,1H3. The maximum atomic E-state index is 4.41. The molecule has 0 fully saturated rings. The zero-order chi connectivity index (χ0) is 8.84. The van der Waals surface area contributed by atoms with Gasteiger partial charge in [-0.3, -0.25) is 4.98 Å². The van der Waals surface area contributed by atoms with E-state index in [-0.39, 0.29) is 0 Å². The van der Waals surface area contributed by atoms with Crippen molar-refractivity contribution in [2.45, 2.75) is 13.3 Å². The summed E-state index contributed by atoms with van der Waals surface area (Å²) in [5.74, 6) is 0. The number of fused-ring (bicyclic) bond motifs is 3. The summed E-state index contributed by atoms with van der Waals surface area (Å²) >= 11 is 0. The molecular weight excluding hydrogens is 162 g/mol. The molecule has 0 radical (unpaired) electrons. The smallest absolute Gasteiger partial charge is 0.0868 e. The summed E-state index contributed by atoms with van der Waals surface area (Å²) in [5.41, 5.74) is 4.58. The minimum absolute atomic E-state index is 0.914. The van der Waals surface area contributed by atoms with E-state index < -0.39 is 0 Å². The number of aryl methyl sites for hydroxylation is 1. The first-order chi connectivity index (χ1) is 6.34. The van der Waals surface area contributed by atoms with Crippen molar-refractivity contribution in [3.05, 3.63) is 41.5 Å². The lowest BCUT2D eigenvalue weighted by Crippen LogP contribution is -1.94. The van der Waals surface area contributed by atoms with Crippen LogP contribution in [0.4, 0.5) is 0 Å². The van der Waals surface area contributed by atoms with Crippen LogP contribution in [0.25, 0.3) is 5.69 Å². The quantitative estimate of drug-likeness (QED) is 0.513. The van der Waals surface area contributed by atoms with Crippen molar-refractivity contribution >= 4 is 0 Å². The Kier molecular flexibility index (Phi) is 1.15. The van der Waals surface area contributed by atoms with Crippen LogP contribution in [-0.4, -0.2) is 14.8 Å². The van der Waals surface area contributed by atoms with Crippen molar-refractivity contribution in [2.24, 2.45) is 0 Å². The predicted octanol–water partition coefficient (Wildman–Crippen LogP) is 1.48. The Labute approximate surface area is 76.0 Å². The van der Waals surface area contributed by atoms with E-state index in [1.54, 1.807) is 0 Å². The predicted molar refractivity (Wildman–Crippen MR) is 48.9 cm³/mol. The van der Waals surface area contributed by atoms with Gasteiger partial charge in [-0.05, 0) is 25.1 Å². The first-order valence-corrected chi connectivity index (χ1v) is 4.34. The van der Waals surface area contributed by atoms with Crippen LogP contribution in [-0.2, 0) is 6.42 Å². The molecule has 1 aliphatic heterocycles. The molecule has 1 aliphatic rings. The number of nitrogens with zero attached hydrogens (tertiary/aromatic N) is 3. The zero-order valence-corrected chi connectivity index (χ0v) is 7.36. The van der Waals surface area contributed by atoms with Crippen molar-refractivity contribution in [3.8, 4) is 5.69 Å². The second kappa shape index (κ2) is 2.19. The Morgan fingerprint density at radius 3 is 3.31 bits per heavy atom. The van der Waals surface area contributed by atoms with E-state index in [0.717, 1.165) is 23.5 Å². The number of hydrogen-bond donors (Lipinski definition) is 0. The van der Waals surface area contributed by atoms with Crippen LogP contribution in [0.5, 0.6) is 0 Å². The highest BCUT2D eigenvalue weighted by atomic mass is 15.3. The second-order valence-electron chi connectivity index (χ2n) is 3.33. The summed E-state index contributed by atoms with van der Waals surface area (Å²) in [6.07, 6.45) is 2.75. The summed E-state index contributed by atoms with van der Waals surface area (Å²) in [7, 11) is 0. The van der Waals surface area contributed by atoms with Crippen LogP contribution in [0.15, 0.2) is 24.4 Å². The van der Waals surface area contributed by atoms with E-state index in [4.69, 9.17) is 0 Å². The SMILES string of the molecule is Cc1cc2n(n1)-c1cccnc1C2. The van der Waals surface area contributed by atoms with Gasteiger partial charge in [-0.1, -0.05) is 0 Å². The van der Waals surface area contributed by atoms with E-state index in [1.165, 1.54) is 5.69 Å². The lowest BCUT2D eigenvalue weighted by Gasteiger charge is -1.97. The van der Waals surface area contributed by atoms with E-state index >= 15 is 0 Å². The molecule has 0 aliphatic carbocycles. The van der Waals surface area contributed by atoms with Gasteiger partial charge in [0.05, 0.1) is 22.8 Å². The Morgan fingerprint density at radius 2 is 2.38 bits per heavy atom. The number of rotatable bonds is 0. The summed E-state index contributed by atoms with van der Waals surface area (Å²) in [4.78, 5) is 4.32. The average Bonchev–Trinajstić information content (AvgIpc) is 2.60. The summed E-state index contributed by atoms with van der Waals surface area (Å²) in [6.45, 7) is 2.02. The first-order valence-electron chi connectivity index (χ1n) is 4.34. The first kappa shape index (κ1) is 6.83. The minimum atomic E-state index is 0.914. The molecule has 13 heavy (non-hydrogen) atoms. The van der Waals surface area contributed by atoms with Gasteiger partial charge in [0, 0.05) is 12.6 Å². The van der Waals surface area contributed by atoms with Crippen LogP contribution in [0.1, 0.15) is 17.1 Å². The molecule has 64 valence electrons. The molecule has 0 saturated heterocycles. The molecule has 0 saturated carbocycles. The van der Waals surface area contributed by atoms with Gasteiger partial charge in [0.25, 0.3) is 0 Å². The second-order valence-corrected chi connectivity index (χ2v) is 3.33. The van der Waals surface area contributed by atoms with Crippen molar-refractivity contribution in [1.82, 2.24) is 14.8 Å². The van der Waals surface area contributed by atoms with Crippen LogP contribution in [0.2, 0.25) is 0 Å². The Hall–Kier alpha value is -1.64. The molecule has 0 unspecified atom stereocenters. The van der Waals surface area contributed by atoms with Gasteiger partial charge in [-0.2, -0.15) is 5.10 Å². The number of aromatic nitrogens is 3. The lowest BCUT2D eigenvalue weighted by atomic mass is 10.2. The van der Waals surface area contributed by atoms with Gasteiger partial charge in [0.2, 0.25) is 0 Å². The van der Waals surface area contributed by atoms with Crippen LogP contribution < -0.4 is 0 Å². The van der Waals surface area contributed by atoms with Gasteiger partial charge in [0.15, 0.2) is 0 Å². The van der Waals surface area contributed by atoms with Crippen molar-refractivity contribution < 1.29 is 0 Å². The fourth-order valence-corrected chi connectivity index (χ4v) is 1.82. The third-order valence-corrected chi connectivity index (χ3v) is 2.35. The fraction of sp³-hybridized carbons (Fsp3) is 0.200. The van der Waals surface area contributed by atoms with E-state index in [2.05, 4.69) is 22.2 Å². The third kappa shape index (κ3) is 0.840. The maximum absolute atomic E-state index is 4.41. The van der Waals surface area contributed by atoms with Crippen LogP contribution in [0.3, 0.4) is 0 Å². The van der Waals surface area contributed by atoms with Crippen molar-refractivity contribution in [3.63, 3.8) is 0 Å². The monoisotopic (exact) mass is 171 g/mol. The Bertz CT molecular complexity index is 471. The maximum Gasteiger partial charge on any atom is 0.0868 e.